The number of pyridine rings is 1. The molecule has 0 aliphatic carbocycles. The van der Waals surface area contributed by atoms with Gasteiger partial charge in [0.1, 0.15) is 6.04 Å². The van der Waals surface area contributed by atoms with Gasteiger partial charge in [-0.25, -0.2) is 4.99 Å². The normalized spacial score (nSPS) is 19.0. The van der Waals surface area contributed by atoms with Gasteiger partial charge in [-0.1, -0.05) is 17.7 Å². The summed E-state index contributed by atoms with van der Waals surface area (Å²) in [5, 5.41) is 4.14. The number of hydrogen-bond acceptors (Lipinski definition) is 5. The van der Waals surface area contributed by atoms with E-state index >= 15 is 0 Å². The van der Waals surface area contributed by atoms with Crippen LogP contribution < -0.4 is 10.2 Å². The number of benzene rings is 2. The second-order valence-electron chi connectivity index (χ2n) is 9.52. The molecule has 2 aromatic carbocycles. The van der Waals surface area contributed by atoms with Crippen LogP contribution in [0.1, 0.15) is 35.6 Å². The van der Waals surface area contributed by atoms with Crippen LogP contribution in [0.3, 0.4) is 0 Å². The second-order valence-corrected chi connectivity index (χ2v) is 9.96. The van der Waals surface area contributed by atoms with E-state index in [1.807, 2.05) is 60.3 Å². The summed E-state index contributed by atoms with van der Waals surface area (Å²) in [5.74, 6) is 0.0321. The number of rotatable bonds is 5. The van der Waals surface area contributed by atoms with Crippen LogP contribution in [-0.4, -0.2) is 48.3 Å². The number of aryl methyl sites for hydroxylation is 2. The van der Waals surface area contributed by atoms with Crippen molar-refractivity contribution < 1.29 is 4.79 Å². The van der Waals surface area contributed by atoms with Gasteiger partial charge in [0.15, 0.2) is 0 Å². The monoisotopic (exact) mass is 487 g/mol. The Morgan fingerprint density at radius 2 is 2.09 bits per heavy atom. The molecule has 1 fully saturated rings. The topological polar surface area (TPSA) is 60.8 Å². The molecule has 1 unspecified atom stereocenters. The molecule has 180 valence electrons. The maximum Gasteiger partial charge on any atom is 0.250 e. The van der Waals surface area contributed by atoms with Gasteiger partial charge in [-0.2, -0.15) is 0 Å². The summed E-state index contributed by atoms with van der Waals surface area (Å²) in [6, 6.07) is 13.8. The number of halogens is 1. The number of aliphatic imine (C=N–C) groups is 1. The molecule has 1 aromatic heterocycles. The SMILES string of the molecule is Cc1cc(Cl)cc(N2C=Nc3cc(C)c(-c4cccnc4)cc3C2C(=O)N(C)C[C@@H]2CCCN2)c1. The smallest absolute Gasteiger partial charge is 0.250 e. The van der Waals surface area contributed by atoms with E-state index in [1.54, 1.807) is 12.5 Å². The summed E-state index contributed by atoms with van der Waals surface area (Å²) < 4.78 is 0. The third-order valence-corrected chi connectivity index (χ3v) is 7.05. The second kappa shape index (κ2) is 9.80. The number of anilines is 1. The maximum absolute atomic E-state index is 14.1. The lowest BCUT2D eigenvalue weighted by Crippen LogP contribution is -2.46. The van der Waals surface area contributed by atoms with Crippen molar-refractivity contribution >= 4 is 35.2 Å². The number of likely N-dealkylation sites (N-methyl/N-ethyl adjacent to an activating group) is 1. The minimum atomic E-state index is -0.553. The first-order valence-corrected chi connectivity index (χ1v) is 12.4. The highest BCUT2D eigenvalue weighted by Crippen LogP contribution is 2.41. The zero-order chi connectivity index (χ0) is 24.5. The van der Waals surface area contributed by atoms with Gasteiger partial charge >= 0.3 is 0 Å². The number of aromatic nitrogens is 1. The summed E-state index contributed by atoms with van der Waals surface area (Å²) in [6.07, 6.45) is 7.62. The first-order chi connectivity index (χ1) is 16.9. The Kier molecular flexibility index (Phi) is 6.58. The van der Waals surface area contributed by atoms with Gasteiger partial charge in [0.2, 0.25) is 5.91 Å². The van der Waals surface area contributed by atoms with Gasteiger partial charge < -0.3 is 15.1 Å². The highest BCUT2D eigenvalue weighted by molar-refractivity contribution is 6.31. The first-order valence-electron chi connectivity index (χ1n) is 12.0. The Balaban J connectivity index is 1.60. The number of carbonyl (C=O) groups is 1. The molecule has 6 nitrogen and oxygen atoms in total. The van der Waals surface area contributed by atoms with Crippen LogP contribution in [0.4, 0.5) is 11.4 Å². The molecule has 1 saturated heterocycles. The quantitative estimate of drug-likeness (QED) is 0.519. The van der Waals surface area contributed by atoms with Gasteiger partial charge in [0, 0.05) is 53.9 Å². The lowest BCUT2D eigenvalue weighted by atomic mass is 9.92. The molecule has 0 spiro atoms. The van der Waals surface area contributed by atoms with Crippen LogP contribution >= 0.6 is 11.6 Å². The van der Waals surface area contributed by atoms with E-state index in [0.29, 0.717) is 17.6 Å². The highest BCUT2D eigenvalue weighted by Gasteiger charge is 2.35. The van der Waals surface area contributed by atoms with Crippen molar-refractivity contribution in [2.75, 3.05) is 25.0 Å². The van der Waals surface area contributed by atoms with Crippen molar-refractivity contribution in [3.8, 4) is 11.1 Å². The van der Waals surface area contributed by atoms with Crippen LogP contribution in [0.25, 0.3) is 11.1 Å². The average Bonchev–Trinajstić information content (AvgIpc) is 3.35. The molecule has 3 heterocycles. The lowest BCUT2D eigenvalue weighted by Gasteiger charge is -2.36. The summed E-state index contributed by atoms with van der Waals surface area (Å²) in [5.41, 5.74) is 6.73. The number of carbonyl (C=O) groups excluding carboxylic acids is 1. The molecule has 5 rings (SSSR count). The minimum Gasteiger partial charge on any atom is -0.342 e. The standard InChI is InChI=1S/C28H30ClN5O/c1-18-10-21(29)13-23(11-18)34-17-32-26-12-19(2)24(20-6-4-8-30-15-20)14-25(26)27(34)28(35)33(3)16-22-7-5-9-31-22/h4,6,8,10-15,17,22,27,31H,5,7,9,16H2,1-3H3/t22-,27?/m0/s1. The number of hydrogen-bond donors (Lipinski definition) is 1. The van der Waals surface area contributed by atoms with Crippen molar-refractivity contribution in [2.24, 2.45) is 4.99 Å². The first kappa shape index (κ1) is 23.5. The Morgan fingerprint density at radius 3 is 2.80 bits per heavy atom. The molecule has 1 N–H and O–H groups in total. The molecule has 2 aliphatic rings. The van der Waals surface area contributed by atoms with Crippen molar-refractivity contribution in [1.82, 2.24) is 15.2 Å². The van der Waals surface area contributed by atoms with Crippen molar-refractivity contribution in [1.29, 1.82) is 0 Å². The fraction of sp³-hybridized carbons (Fsp3) is 0.321. The van der Waals surface area contributed by atoms with Crippen molar-refractivity contribution in [2.45, 2.75) is 38.8 Å². The molecule has 1 amide bonds. The predicted octanol–water partition coefficient (Wildman–Crippen LogP) is 5.45. The van der Waals surface area contributed by atoms with Gasteiger partial charge in [-0.3, -0.25) is 9.78 Å². The van der Waals surface area contributed by atoms with Crippen LogP contribution in [0.15, 0.2) is 59.9 Å². The Labute approximate surface area is 211 Å². The fourth-order valence-corrected chi connectivity index (χ4v) is 5.37. The molecule has 2 atom stereocenters. The summed E-state index contributed by atoms with van der Waals surface area (Å²) in [7, 11) is 1.89. The number of amides is 1. The van der Waals surface area contributed by atoms with E-state index in [0.717, 1.165) is 58.6 Å². The summed E-state index contributed by atoms with van der Waals surface area (Å²) in [4.78, 5) is 26.9. The third-order valence-electron chi connectivity index (χ3n) is 6.83. The number of fused-ring (bicyclic) bond motifs is 1. The molecule has 35 heavy (non-hydrogen) atoms. The molecule has 2 aliphatic heterocycles. The van der Waals surface area contributed by atoms with E-state index in [1.165, 1.54) is 0 Å². The number of nitrogens with one attached hydrogen (secondary N) is 1. The Morgan fingerprint density at radius 1 is 1.23 bits per heavy atom. The van der Waals surface area contributed by atoms with Crippen LogP contribution in [-0.2, 0) is 4.79 Å². The summed E-state index contributed by atoms with van der Waals surface area (Å²) in [6.45, 7) is 5.75. The van der Waals surface area contributed by atoms with Crippen LogP contribution in [0.2, 0.25) is 5.02 Å². The minimum absolute atomic E-state index is 0.0321. The molecule has 0 bridgehead atoms. The van der Waals surface area contributed by atoms with Crippen molar-refractivity contribution in [3.05, 3.63) is 76.6 Å². The van der Waals surface area contributed by atoms with E-state index in [4.69, 9.17) is 16.6 Å². The van der Waals surface area contributed by atoms with Gasteiger partial charge in [0.25, 0.3) is 0 Å². The van der Waals surface area contributed by atoms with Crippen LogP contribution in [0, 0.1) is 13.8 Å². The zero-order valence-electron chi connectivity index (χ0n) is 20.3. The molecule has 0 saturated carbocycles. The molecule has 7 heteroatoms. The van der Waals surface area contributed by atoms with E-state index < -0.39 is 6.04 Å². The third kappa shape index (κ3) is 4.81. The molecular formula is C28H30ClN5O. The molecule has 3 aromatic rings. The van der Waals surface area contributed by atoms with E-state index in [2.05, 4.69) is 29.4 Å². The fourth-order valence-electron chi connectivity index (χ4n) is 5.09. The predicted molar refractivity (Wildman–Crippen MR) is 143 cm³/mol. The van der Waals surface area contributed by atoms with Gasteiger partial charge in [-0.15, -0.1) is 0 Å². The average molecular weight is 488 g/mol. The Hall–Kier alpha value is -3.22. The Bertz CT molecular complexity index is 1250. The molecular weight excluding hydrogens is 458 g/mol. The molecule has 0 radical (unpaired) electrons. The van der Waals surface area contributed by atoms with Crippen LogP contribution in [0.5, 0.6) is 0 Å². The lowest BCUT2D eigenvalue weighted by molar-refractivity contribution is -0.131. The largest absolute Gasteiger partial charge is 0.342 e. The van der Waals surface area contributed by atoms with Crippen molar-refractivity contribution in [3.63, 3.8) is 0 Å². The van der Waals surface area contributed by atoms with Gasteiger partial charge in [0.05, 0.1) is 12.0 Å². The summed E-state index contributed by atoms with van der Waals surface area (Å²) >= 11 is 6.42. The highest BCUT2D eigenvalue weighted by atomic mass is 35.5. The zero-order valence-corrected chi connectivity index (χ0v) is 21.1. The van der Waals surface area contributed by atoms with E-state index in [-0.39, 0.29) is 5.91 Å². The van der Waals surface area contributed by atoms with E-state index in [9.17, 15) is 4.79 Å². The maximum atomic E-state index is 14.1. The van der Waals surface area contributed by atoms with Gasteiger partial charge in [-0.05, 0) is 86.3 Å². The number of nitrogens with zero attached hydrogens (tertiary/aromatic N) is 4.